The first-order chi connectivity index (χ1) is 14.3. The summed E-state index contributed by atoms with van der Waals surface area (Å²) in [7, 11) is 0. The van der Waals surface area contributed by atoms with E-state index in [2.05, 4.69) is 5.32 Å². The van der Waals surface area contributed by atoms with Crippen LogP contribution in [0.3, 0.4) is 0 Å². The first-order valence-corrected chi connectivity index (χ1v) is 9.87. The van der Waals surface area contributed by atoms with Gasteiger partial charge in [-0.15, -0.1) is 0 Å². The number of hydrogen-bond acceptors (Lipinski definition) is 3. The van der Waals surface area contributed by atoms with Gasteiger partial charge < -0.3 is 15.2 Å². The number of hydrogen-bond donors (Lipinski definition) is 2. The molecule has 0 aromatic heterocycles. The first kappa shape index (κ1) is 21.7. The van der Waals surface area contributed by atoms with Crippen molar-refractivity contribution in [3.8, 4) is 5.75 Å². The molecular weight excluding hydrogens is 425 g/mol. The lowest BCUT2D eigenvalue weighted by Gasteiger charge is -2.12. The fourth-order valence-electron chi connectivity index (χ4n) is 2.87. The van der Waals surface area contributed by atoms with Crippen molar-refractivity contribution in [1.82, 2.24) is 0 Å². The van der Waals surface area contributed by atoms with E-state index in [9.17, 15) is 9.59 Å². The molecule has 3 aromatic carbocycles. The minimum atomic E-state index is -0.961. The average molecular weight is 444 g/mol. The number of amides is 1. The topological polar surface area (TPSA) is 75.6 Å². The summed E-state index contributed by atoms with van der Waals surface area (Å²) in [6.07, 6.45) is -0.153. The summed E-state index contributed by atoms with van der Waals surface area (Å²) in [5.74, 6) is -0.903. The molecule has 154 valence electrons. The largest absolute Gasteiger partial charge is 0.489 e. The van der Waals surface area contributed by atoms with Gasteiger partial charge in [0.05, 0.1) is 27.7 Å². The van der Waals surface area contributed by atoms with Crippen molar-refractivity contribution >= 4 is 40.8 Å². The van der Waals surface area contributed by atoms with E-state index in [1.54, 1.807) is 30.3 Å². The quantitative estimate of drug-likeness (QED) is 0.486. The molecule has 0 aliphatic carbocycles. The Kier molecular flexibility index (Phi) is 6.98. The molecule has 0 fully saturated rings. The molecule has 5 nitrogen and oxygen atoms in total. The predicted molar refractivity (Wildman–Crippen MR) is 118 cm³/mol. The van der Waals surface area contributed by atoms with Crippen LogP contribution in [0.4, 0.5) is 5.69 Å². The van der Waals surface area contributed by atoms with Crippen LogP contribution >= 0.6 is 23.2 Å². The summed E-state index contributed by atoms with van der Waals surface area (Å²) in [5, 5.41) is 12.1. The molecule has 3 rings (SSSR count). The number of ether oxygens (including phenoxy) is 1. The Balaban J connectivity index is 1.72. The Morgan fingerprint density at radius 2 is 1.77 bits per heavy atom. The van der Waals surface area contributed by atoms with Crippen molar-refractivity contribution in [2.45, 2.75) is 20.0 Å². The second-order valence-electron chi connectivity index (χ2n) is 6.76. The van der Waals surface area contributed by atoms with E-state index < -0.39 is 11.9 Å². The number of halogens is 2. The lowest BCUT2D eigenvalue weighted by molar-refractivity contribution is -0.136. The third-order valence-electron chi connectivity index (χ3n) is 4.31. The highest BCUT2D eigenvalue weighted by atomic mass is 35.5. The highest BCUT2D eigenvalue weighted by Crippen LogP contribution is 2.27. The second kappa shape index (κ2) is 9.65. The van der Waals surface area contributed by atoms with Crippen LogP contribution < -0.4 is 10.1 Å². The number of rotatable bonds is 7. The molecule has 0 radical (unpaired) electrons. The number of carbonyl (C=O) groups is 2. The van der Waals surface area contributed by atoms with Crippen molar-refractivity contribution in [1.29, 1.82) is 0 Å². The number of aryl methyl sites for hydroxylation is 1. The van der Waals surface area contributed by atoms with E-state index in [-0.39, 0.29) is 22.0 Å². The average Bonchev–Trinajstić information content (AvgIpc) is 2.69. The number of benzene rings is 3. The van der Waals surface area contributed by atoms with Gasteiger partial charge in [-0.2, -0.15) is 0 Å². The zero-order chi connectivity index (χ0) is 21.7. The molecule has 0 aliphatic rings. The summed E-state index contributed by atoms with van der Waals surface area (Å²) in [6.45, 7) is 2.37. The van der Waals surface area contributed by atoms with E-state index in [1.807, 2.05) is 31.2 Å². The molecular formula is C23H19Cl2NO4. The van der Waals surface area contributed by atoms with Crippen LogP contribution in [0.25, 0.3) is 0 Å². The molecule has 0 saturated carbocycles. The minimum absolute atomic E-state index is 0.153. The SMILES string of the molecule is Cc1cccc(COc2ccc(Cl)c(C(=O)Nc3ccc(CC(=O)O)cc3Cl)c2)c1. The Morgan fingerprint density at radius 1 is 0.967 bits per heavy atom. The summed E-state index contributed by atoms with van der Waals surface area (Å²) in [6, 6.07) is 17.5. The lowest BCUT2D eigenvalue weighted by atomic mass is 10.1. The Hall–Kier alpha value is -3.02. The van der Waals surface area contributed by atoms with E-state index in [4.69, 9.17) is 33.0 Å². The Labute approximate surface area is 184 Å². The second-order valence-corrected chi connectivity index (χ2v) is 7.57. The maximum atomic E-state index is 12.7. The molecule has 1 amide bonds. The maximum absolute atomic E-state index is 12.7. The molecule has 0 atom stereocenters. The van der Waals surface area contributed by atoms with Crippen LogP contribution in [0.15, 0.2) is 60.7 Å². The number of carboxylic acids is 1. The molecule has 0 heterocycles. The summed E-state index contributed by atoms with van der Waals surface area (Å²) in [5.41, 5.74) is 3.29. The van der Waals surface area contributed by atoms with Crippen molar-refractivity contribution in [3.63, 3.8) is 0 Å². The Bertz CT molecular complexity index is 1100. The van der Waals surface area contributed by atoms with Crippen LogP contribution in [0.1, 0.15) is 27.0 Å². The van der Waals surface area contributed by atoms with Gasteiger partial charge in [0.2, 0.25) is 0 Å². The first-order valence-electron chi connectivity index (χ1n) is 9.11. The van der Waals surface area contributed by atoms with E-state index in [0.29, 0.717) is 23.6 Å². The van der Waals surface area contributed by atoms with Gasteiger partial charge in [-0.1, -0.05) is 59.1 Å². The van der Waals surface area contributed by atoms with Crippen LogP contribution in [0.5, 0.6) is 5.75 Å². The monoisotopic (exact) mass is 443 g/mol. The Morgan fingerprint density at radius 3 is 2.47 bits per heavy atom. The van der Waals surface area contributed by atoms with Gasteiger partial charge in [0.15, 0.2) is 0 Å². The summed E-state index contributed by atoms with van der Waals surface area (Å²) < 4.78 is 5.80. The van der Waals surface area contributed by atoms with Gasteiger partial charge in [-0.25, -0.2) is 0 Å². The molecule has 0 unspecified atom stereocenters. The molecule has 3 aromatic rings. The fourth-order valence-corrected chi connectivity index (χ4v) is 3.32. The number of carboxylic acid groups (broad SMARTS) is 1. The van der Waals surface area contributed by atoms with E-state index >= 15 is 0 Å². The van der Waals surface area contributed by atoms with Crippen molar-refractivity contribution in [2.24, 2.45) is 0 Å². The van der Waals surface area contributed by atoms with Gasteiger partial charge >= 0.3 is 5.97 Å². The van der Waals surface area contributed by atoms with Crippen LogP contribution in [-0.2, 0) is 17.8 Å². The highest BCUT2D eigenvalue weighted by Gasteiger charge is 2.14. The zero-order valence-electron chi connectivity index (χ0n) is 16.1. The third kappa shape index (κ3) is 5.75. The zero-order valence-corrected chi connectivity index (χ0v) is 17.6. The molecule has 0 spiro atoms. The fraction of sp³-hybridized carbons (Fsp3) is 0.130. The van der Waals surface area contributed by atoms with Gasteiger partial charge in [0.1, 0.15) is 12.4 Å². The van der Waals surface area contributed by atoms with Crippen LogP contribution in [0, 0.1) is 6.92 Å². The van der Waals surface area contributed by atoms with Crippen molar-refractivity contribution < 1.29 is 19.4 Å². The van der Waals surface area contributed by atoms with E-state index in [0.717, 1.165) is 11.1 Å². The maximum Gasteiger partial charge on any atom is 0.307 e. The molecule has 7 heteroatoms. The predicted octanol–water partition coefficient (Wildman–Crippen LogP) is 5.76. The third-order valence-corrected chi connectivity index (χ3v) is 4.95. The molecule has 0 aliphatic heterocycles. The highest BCUT2D eigenvalue weighted by molar-refractivity contribution is 6.36. The molecule has 2 N–H and O–H groups in total. The van der Waals surface area contributed by atoms with Crippen molar-refractivity contribution in [3.05, 3.63) is 93.0 Å². The van der Waals surface area contributed by atoms with E-state index in [1.165, 1.54) is 6.07 Å². The molecule has 0 bridgehead atoms. The number of nitrogens with one attached hydrogen (secondary N) is 1. The summed E-state index contributed by atoms with van der Waals surface area (Å²) >= 11 is 12.4. The van der Waals surface area contributed by atoms with Crippen LogP contribution in [0.2, 0.25) is 10.0 Å². The normalized spacial score (nSPS) is 10.5. The standard InChI is InChI=1S/C23H19Cl2NO4/c1-14-3-2-4-16(9-14)13-30-17-6-7-19(24)18(12-17)23(29)26-21-8-5-15(10-20(21)25)11-22(27)28/h2-10,12H,11,13H2,1H3,(H,26,29)(H,27,28). The smallest absolute Gasteiger partial charge is 0.307 e. The van der Waals surface area contributed by atoms with Gasteiger partial charge in [-0.05, 0) is 48.4 Å². The molecule has 30 heavy (non-hydrogen) atoms. The van der Waals surface area contributed by atoms with Gasteiger partial charge in [0, 0.05) is 0 Å². The molecule has 0 saturated heterocycles. The summed E-state index contributed by atoms with van der Waals surface area (Å²) in [4.78, 5) is 23.5. The number of aliphatic carboxylic acids is 1. The minimum Gasteiger partial charge on any atom is -0.489 e. The lowest BCUT2D eigenvalue weighted by Crippen LogP contribution is -2.13. The van der Waals surface area contributed by atoms with Gasteiger partial charge in [-0.3, -0.25) is 9.59 Å². The number of carbonyl (C=O) groups excluding carboxylic acids is 1. The van der Waals surface area contributed by atoms with Crippen LogP contribution in [-0.4, -0.2) is 17.0 Å². The number of anilines is 1. The van der Waals surface area contributed by atoms with Crippen molar-refractivity contribution in [2.75, 3.05) is 5.32 Å². The van der Waals surface area contributed by atoms with Gasteiger partial charge in [0.25, 0.3) is 5.91 Å².